The number of hydrogen-bond acceptors (Lipinski definition) is 6. The van der Waals surface area contributed by atoms with E-state index in [2.05, 4.69) is 10.3 Å². The van der Waals surface area contributed by atoms with Gasteiger partial charge in [-0.3, -0.25) is 0 Å². The highest BCUT2D eigenvalue weighted by Crippen LogP contribution is 2.20. The Kier molecular flexibility index (Phi) is 2.69. The van der Waals surface area contributed by atoms with Crippen molar-refractivity contribution in [3.63, 3.8) is 0 Å². The highest BCUT2D eigenvalue weighted by Gasteiger charge is 2.19. The maximum absolute atomic E-state index is 13.0. The third kappa shape index (κ3) is 2.05. The van der Waals surface area contributed by atoms with E-state index < -0.39 is 16.6 Å². The molecule has 1 aromatic heterocycles. The number of fused-ring (bicyclic) bond motifs is 1. The molecule has 8 heteroatoms. The zero-order chi connectivity index (χ0) is 12.4. The number of halogens is 1. The van der Waals surface area contributed by atoms with Gasteiger partial charge in [0.15, 0.2) is 10.7 Å². The molecule has 1 aromatic carbocycles. The van der Waals surface area contributed by atoms with E-state index in [1.54, 1.807) is 0 Å². The van der Waals surface area contributed by atoms with Gasteiger partial charge in [-0.1, -0.05) is 5.16 Å². The SMILES string of the molecule is O=[N+]([O-])C(Cc1noc2ccc(F)cc12)=NO. The van der Waals surface area contributed by atoms with Crippen molar-refractivity contribution in [1.82, 2.24) is 5.16 Å². The van der Waals surface area contributed by atoms with E-state index in [4.69, 9.17) is 9.73 Å². The van der Waals surface area contributed by atoms with Crippen molar-refractivity contribution in [1.29, 1.82) is 0 Å². The highest BCUT2D eigenvalue weighted by molar-refractivity contribution is 5.85. The van der Waals surface area contributed by atoms with Gasteiger partial charge in [-0.05, 0) is 23.1 Å². The third-order valence-corrected chi connectivity index (χ3v) is 2.16. The van der Waals surface area contributed by atoms with Crippen molar-refractivity contribution in [3.05, 3.63) is 39.8 Å². The Bertz CT molecular complexity index is 607. The average Bonchev–Trinajstić information content (AvgIpc) is 2.68. The van der Waals surface area contributed by atoms with Crippen LogP contribution in [0.4, 0.5) is 4.39 Å². The van der Waals surface area contributed by atoms with Gasteiger partial charge in [0.05, 0.1) is 0 Å². The zero-order valence-corrected chi connectivity index (χ0v) is 8.33. The fourth-order valence-corrected chi connectivity index (χ4v) is 1.37. The van der Waals surface area contributed by atoms with Crippen LogP contribution in [0.5, 0.6) is 0 Å². The van der Waals surface area contributed by atoms with Crippen molar-refractivity contribution in [3.8, 4) is 0 Å². The van der Waals surface area contributed by atoms with Crippen LogP contribution in [0.15, 0.2) is 27.9 Å². The van der Waals surface area contributed by atoms with E-state index in [0.717, 1.165) is 6.07 Å². The molecule has 1 N–H and O–H groups in total. The molecule has 0 amide bonds. The highest BCUT2D eigenvalue weighted by atomic mass is 19.1. The Morgan fingerprint density at radius 2 is 2.41 bits per heavy atom. The van der Waals surface area contributed by atoms with Gasteiger partial charge in [-0.15, -0.1) is 0 Å². The minimum Gasteiger partial charge on any atom is -0.358 e. The van der Waals surface area contributed by atoms with E-state index in [1.807, 2.05) is 0 Å². The fraction of sp³-hybridized carbons (Fsp3) is 0.111. The third-order valence-electron chi connectivity index (χ3n) is 2.16. The lowest BCUT2D eigenvalue weighted by atomic mass is 10.1. The standard InChI is InChI=1S/C9H6FN3O4/c10-5-1-2-8-6(3-5)7(12-17-8)4-9(11-14)13(15)16/h1-3,14H,4H2. The predicted octanol–water partition coefficient (Wildman–Crippen LogP) is 1.57. The van der Waals surface area contributed by atoms with Crippen LogP contribution >= 0.6 is 0 Å². The molecule has 2 rings (SSSR count). The smallest absolute Gasteiger partial charge is 0.358 e. The average molecular weight is 239 g/mol. The summed E-state index contributed by atoms with van der Waals surface area (Å²) in [7, 11) is 0. The summed E-state index contributed by atoms with van der Waals surface area (Å²) in [6.07, 6.45) is -0.347. The molecule has 0 unspecified atom stereocenters. The first kappa shape index (κ1) is 11.0. The van der Waals surface area contributed by atoms with Crippen molar-refractivity contribution >= 4 is 16.8 Å². The number of rotatable bonds is 2. The van der Waals surface area contributed by atoms with Crippen LogP contribution in [0.3, 0.4) is 0 Å². The summed E-state index contributed by atoms with van der Waals surface area (Å²) >= 11 is 0. The normalized spacial score (nSPS) is 11.9. The largest absolute Gasteiger partial charge is 0.391 e. The first-order valence-corrected chi connectivity index (χ1v) is 4.51. The van der Waals surface area contributed by atoms with Crippen LogP contribution in [0.2, 0.25) is 0 Å². The molecule has 2 aromatic rings. The molecule has 0 saturated heterocycles. The van der Waals surface area contributed by atoms with Crippen molar-refractivity contribution < 1.29 is 19.0 Å². The van der Waals surface area contributed by atoms with E-state index in [-0.39, 0.29) is 12.1 Å². The number of amidine groups is 1. The van der Waals surface area contributed by atoms with Crippen LogP contribution in [-0.2, 0) is 6.42 Å². The molecule has 0 fully saturated rings. The number of aromatic nitrogens is 1. The molecule has 0 aliphatic rings. The topological polar surface area (TPSA) is 102 Å². The summed E-state index contributed by atoms with van der Waals surface area (Å²) in [5.74, 6) is -1.20. The molecular weight excluding hydrogens is 233 g/mol. The lowest BCUT2D eigenvalue weighted by Crippen LogP contribution is -2.15. The van der Waals surface area contributed by atoms with Crippen LogP contribution in [-0.4, -0.2) is 21.1 Å². The summed E-state index contributed by atoms with van der Waals surface area (Å²) in [6.45, 7) is 0. The Morgan fingerprint density at radius 1 is 1.65 bits per heavy atom. The summed E-state index contributed by atoms with van der Waals surface area (Å²) in [5.41, 5.74) is 0.450. The van der Waals surface area contributed by atoms with Gasteiger partial charge in [-0.25, -0.2) is 4.39 Å². The number of nitrogens with zero attached hydrogens (tertiary/aromatic N) is 3. The first-order chi connectivity index (χ1) is 8.11. The van der Waals surface area contributed by atoms with Gasteiger partial charge in [-0.2, -0.15) is 0 Å². The second kappa shape index (κ2) is 4.16. The van der Waals surface area contributed by atoms with Crippen LogP contribution in [0.25, 0.3) is 11.0 Å². The summed E-state index contributed by atoms with van der Waals surface area (Å²) in [4.78, 5) is 9.59. The molecule has 0 radical (unpaired) electrons. The molecule has 0 atom stereocenters. The van der Waals surface area contributed by atoms with Gasteiger partial charge in [0, 0.05) is 5.39 Å². The predicted molar refractivity (Wildman–Crippen MR) is 53.9 cm³/mol. The minimum atomic E-state index is -0.847. The lowest BCUT2D eigenvalue weighted by Gasteiger charge is -1.94. The Labute approximate surface area is 93.3 Å². The van der Waals surface area contributed by atoms with E-state index in [1.165, 1.54) is 12.1 Å². The molecule has 0 spiro atoms. The molecule has 0 bridgehead atoms. The summed E-state index contributed by atoms with van der Waals surface area (Å²) < 4.78 is 17.8. The van der Waals surface area contributed by atoms with Crippen molar-refractivity contribution in [2.45, 2.75) is 6.42 Å². The fourth-order valence-electron chi connectivity index (χ4n) is 1.37. The van der Waals surface area contributed by atoms with E-state index in [0.29, 0.717) is 11.0 Å². The summed E-state index contributed by atoms with van der Waals surface area (Å²) in [5, 5.41) is 25.3. The number of oxime groups is 1. The molecule has 0 aliphatic heterocycles. The Hall–Kier alpha value is -2.51. The Morgan fingerprint density at radius 3 is 3.06 bits per heavy atom. The van der Waals surface area contributed by atoms with Gasteiger partial charge in [0.25, 0.3) is 0 Å². The lowest BCUT2D eigenvalue weighted by molar-refractivity contribution is -0.355. The number of nitro groups is 1. The van der Waals surface area contributed by atoms with E-state index >= 15 is 0 Å². The molecule has 88 valence electrons. The zero-order valence-electron chi connectivity index (χ0n) is 8.33. The van der Waals surface area contributed by atoms with Gasteiger partial charge in [0.1, 0.15) is 17.9 Å². The Balaban J connectivity index is 2.43. The van der Waals surface area contributed by atoms with Crippen LogP contribution < -0.4 is 0 Å². The molecule has 0 saturated carbocycles. The molecule has 17 heavy (non-hydrogen) atoms. The maximum Gasteiger partial charge on any atom is 0.391 e. The van der Waals surface area contributed by atoms with Gasteiger partial charge >= 0.3 is 5.84 Å². The minimum absolute atomic E-state index is 0.143. The monoisotopic (exact) mass is 239 g/mol. The number of benzene rings is 1. The second-order valence-corrected chi connectivity index (χ2v) is 3.22. The van der Waals surface area contributed by atoms with Gasteiger partial charge in [0.2, 0.25) is 0 Å². The quantitative estimate of drug-likeness (QED) is 0.282. The molecule has 1 heterocycles. The van der Waals surface area contributed by atoms with Crippen molar-refractivity contribution in [2.24, 2.45) is 5.16 Å². The molecular formula is C9H6FN3O4. The summed E-state index contributed by atoms with van der Waals surface area (Å²) in [6, 6.07) is 3.70. The van der Waals surface area contributed by atoms with Gasteiger partial charge < -0.3 is 19.8 Å². The van der Waals surface area contributed by atoms with E-state index in [9.17, 15) is 14.5 Å². The van der Waals surface area contributed by atoms with Crippen LogP contribution in [0, 0.1) is 15.9 Å². The van der Waals surface area contributed by atoms with Crippen LogP contribution in [0.1, 0.15) is 5.69 Å². The second-order valence-electron chi connectivity index (χ2n) is 3.22. The molecule has 0 aliphatic carbocycles. The first-order valence-electron chi connectivity index (χ1n) is 4.51. The maximum atomic E-state index is 13.0. The van der Waals surface area contributed by atoms with Crippen molar-refractivity contribution in [2.75, 3.05) is 0 Å². The molecule has 7 nitrogen and oxygen atoms in total. The number of hydrogen-bond donors (Lipinski definition) is 1.